The smallest absolute Gasteiger partial charge is 0.419 e. The Morgan fingerprint density at radius 3 is 2.76 bits per heavy atom. The lowest BCUT2D eigenvalue weighted by atomic mass is 10.0. The van der Waals surface area contributed by atoms with E-state index in [9.17, 15) is 13.2 Å². The van der Waals surface area contributed by atoms with Crippen LogP contribution in [0.3, 0.4) is 0 Å². The molecule has 3 heterocycles. The van der Waals surface area contributed by atoms with E-state index in [4.69, 9.17) is 4.74 Å². The van der Waals surface area contributed by atoms with Crippen LogP contribution in [-0.2, 0) is 6.18 Å². The van der Waals surface area contributed by atoms with E-state index in [1.165, 1.54) is 6.07 Å². The van der Waals surface area contributed by atoms with Gasteiger partial charge in [-0.05, 0) is 41.4 Å². The molecule has 1 aromatic carbocycles. The molecule has 29 heavy (non-hydrogen) atoms. The number of anilines is 1. The fourth-order valence-corrected chi connectivity index (χ4v) is 3.70. The van der Waals surface area contributed by atoms with Crippen LogP contribution in [0.1, 0.15) is 49.2 Å². The molecule has 0 aliphatic carbocycles. The second-order valence-electron chi connectivity index (χ2n) is 7.08. The molecule has 2 unspecified atom stereocenters. The van der Waals surface area contributed by atoms with E-state index in [-0.39, 0.29) is 18.3 Å². The molecule has 0 spiro atoms. The Balaban J connectivity index is 1.89. The molecule has 152 valence electrons. The van der Waals surface area contributed by atoms with Crippen LogP contribution in [-0.4, -0.2) is 21.6 Å². The molecule has 9 heteroatoms. The Bertz CT molecular complexity index is 1070. The van der Waals surface area contributed by atoms with Crippen LogP contribution in [0.5, 0.6) is 5.75 Å². The maximum atomic E-state index is 13.6. The monoisotopic (exact) mass is 466 g/mol. The maximum absolute atomic E-state index is 13.6. The summed E-state index contributed by atoms with van der Waals surface area (Å²) >= 11 is 3.40. The van der Waals surface area contributed by atoms with Gasteiger partial charge in [-0.2, -0.15) is 13.2 Å². The third-order valence-electron chi connectivity index (χ3n) is 4.94. The highest BCUT2D eigenvalue weighted by molar-refractivity contribution is 9.10. The number of rotatable bonds is 0. The maximum Gasteiger partial charge on any atom is 0.419 e. The number of pyridine rings is 1. The van der Waals surface area contributed by atoms with Crippen molar-refractivity contribution in [1.82, 2.24) is 15.0 Å². The third kappa shape index (κ3) is 3.88. The topological polar surface area (TPSA) is 59.9 Å². The summed E-state index contributed by atoms with van der Waals surface area (Å²) in [7, 11) is 0. The van der Waals surface area contributed by atoms with Gasteiger partial charge in [0.25, 0.3) is 0 Å². The van der Waals surface area contributed by atoms with Crippen molar-refractivity contribution in [2.24, 2.45) is 0 Å². The second kappa shape index (κ2) is 7.44. The van der Waals surface area contributed by atoms with Crippen molar-refractivity contribution in [2.75, 3.05) is 11.9 Å². The minimum absolute atomic E-state index is 0.111. The number of alkyl halides is 3. The number of benzene rings is 1. The standard InChI is InChI=1S/C20H18BrF3N4O/c1-10-6-7-29-16-13(4-3-5-15(16)20(22,23)24)11(2)26-19-14-8-12(21)9-25-18(14)27-17(10)28-19/h3-5,8-11H,6-7H2,1-2H3,(H,25,26,27,28). The van der Waals surface area contributed by atoms with Gasteiger partial charge < -0.3 is 10.1 Å². The summed E-state index contributed by atoms with van der Waals surface area (Å²) in [4.78, 5) is 13.6. The van der Waals surface area contributed by atoms with Gasteiger partial charge in [-0.3, -0.25) is 0 Å². The molecule has 2 aromatic heterocycles. The number of nitrogens with zero attached hydrogens (tertiary/aromatic N) is 3. The van der Waals surface area contributed by atoms with Crippen LogP contribution < -0.4 is 10.1 Å². The van der Waals surface area contributed by atoms with Gasteiger partial charge in [0.05, 0.1) is 23.6 Å². The molecule has 1 N–H and O–H groups in total. The highest BCUT2D eigenvalue weighted by Crippen LogP contribution is 2.41. The molecule has 2 bridgehead atoms. The highest BCUT2D eigenvalue weighted by atomic mass is 79.9. The van der Waals surface area contributed by atoms with Crippen LogP contribution in [0.4, 0.5) is 19.0 Å². The first kappa shape index (κ1) is 19.9. The molecule has 4 rings (SSSR count). The van der Waals surface area contributed by atoms with E-state index in [0.29, 0.717) is 34.7 Å². The summed E-state index contributed by atoms with van der Waals surface area (Å²) in [6.07, 6.45) is -2.37. The van der Waals surface area contributed by atoms with Crippen LogP contribution in [0.25, 0.3) is 11.0 Å². The normalized spacial score (nSPS) is 19.7. The van der Waals surface area contributed by atoms with Gasteiger partial charge >= 0.3 is 6.18 Å². The summed E-state index contributed by atoms with van der Waals surface area (Å²) in [6.45, 7) is 3.83. The van der Waals surface area contributed by atoms with Gasteiger partial charge in [0.15, 0.2) is 5.65 Å². The molecule has 0 saturated heterocycles. The zero-order valence-corrected chi connectivity index (χ0v) is 17.3. The van der Waals surface area contributed by atoms with Gasteiger partial charge in [0.2, 0.25) is 0 Å². The SMILES string of the molecule is CC1CCOc2c(cccc2C(F)(F)F)C(C)Nc2nc1nc1ncc(Br)cc21. The van der Waals surface area contributed by atoms with Gasteiger partial charge in [0.1, 0.15) is 17.4 Å². The van der Waals surface area contributed by atoms with E-state index >= 15 is 0 Å². The van der Waals surface area contributed by atoms with Crippen molar-refractivity contribution < 1.29 is 17.9 Å². The third-order valence-corrected chi connectivity index (χ3v) is 5.38. The van der Waals surface area contributed by atoms with E-state index in [0.717, 1.165) is 10.5 Å². The second-order valence-corrected chi connectivity index (χ2v) is 8.00. The van der Waals surface area contributed by atoms with E-state index in [1.54, 1.807) is 19.2 Å². The molecule has 0 radical (unpaired) electrons. The molecule has 0 saturated carbocycles. The minimum atomic E-state index is -4.50. The largest absolute Gasteiger partial charge is 0.493 e. The van der Waals surface area contributed by atoms with E-state index in [2.05, 4.69) is 36.2 Å². The Morgan fingerprint density at radius 2 is 2.00 bits per heavy atom. The van der Waals surface area contributed by atoms with Crippen LogP contribution in [0, 0.1) is 0 Å². The Labute approximate surface area is 173 Å². The molecular formula is C20H18BrF3N4O. The van der Waals surface area contributed by atoms with Crippen molar-refractivity contribution in [3.63, 3.8) is 0 Å². The van der Waals surface area contributed by atoms with E-state index in [1.807, 2.05) is 13.0 Å². The van der Waals surface area contributed by atoms with Crippen molar-refractivity contribution in [1.29, 1.82) is 0 Å². The average Bonchev–Trinajstić information content (AvgIpc) is 2.68. The van der Waals surface area contributed by atoms with Crippen molar-refractivity contribution >= 4 is 32.8 Å². The first-order valence-corrected chi connectivity index (χ1v) is 9.96. The fraction of sp³-hybridized carbons (Fsp3) is 0.350. The predicted molar refractivity (Wildman–Crippen MR) is 107 cm³/mol. The Morgan fingerprint density at radius 1 is 1.21 bits per heavy atom. The number of para-hydroxylation sites is 1. The van der Waals surface area contributed by atoms with Crippen LogP contribution >= 0.6 is 15.9 Å². The number of ether oxygens (including phenoxy) is 1. The lowest BCUT2D eigenvalue weighted by Gasteiger charge is -2.22. The molecule has 0 amide bonds. The van der Waals surface area contributed by atoms with Crippen LogP contribution in [0.15, 0.2) is 34.9 Å². The summed E-state index contributed by atoms with van der Waals surface area (Å²) in [6, 6.07) is 5.44. The quantitative estimate of drug-likeness (QED) is 0.449. The first-order chi connectivity index (χ1) is 13.7. The van der Waals surface area contributed by atoms with Gasteiger partial charge in [0, 0.05) is 22.2 Å². The van der Waals surface area contributed by atoms with Gasteiger partial charge in [-0.1, -0.05) is 19.1 Å². The Kier molecular flexibility index (Phi) is 5.10. The number of halogens is 4. The zero-order valence-electron chi connectivity index (χ0n) is 15.7. The summed E-state index contributed by atoms with van der Waals surface area (Å²) in [5.41, 5.74) is 0.178. The summed E-state index contributed by atoms with van der Waals surface area (Å²) in [5.74, 6) is 0.857. The fourth-order valence-electron chi connectivity index (χ4n) is 3.36. The highest BCUT2D eigenvalue weighted by Gasteiger charge is 2.36. The number of nitrogens with one attached hydrogen (secondary N) is 1. The van der Waals surface area contributed by atoms with E-state index < -0.39 is 17.8 Å². The van der Waals surface area contributed by atoms with Crippen molar-refractivity contribution in [3.8, 4) is 5.75 Å². The zero-order chi connectivity index (χ0) is 20.8. The number of hydrogen-bond acceptors (Lipinski definition) is 5. The average molecular weight is 467 g/mol. The molecule has 3 aromatic rings. The predicted octanol–water partition coefficient (Wildman–Crippen LogP) is 5.87. The molecule has 1 aliphatic rings. The lowest BCUT2D eigenvalue weighted by Crippen LogP contribution is -2.15. The molecule has 0 fully saturated rings. The number of hydrogen-bond donors (Lipinski definition) is 1. The first-order valence-electron chi connectivity index (χ1n) is 9.16. The lowest BCUT2D eigenvalue weighted by molar-refractivity contribution is -0.139. The Hall–Kier alpha value is -2.42. The summed E-state index contributed by atoms with van der Waals surface area (Å²) in [5, 5.41) is 3.94. The van der Waals surface area contributed by atoms with Crippen LogP contribution in [0.2, 0.25) is 0 Å². The van der Waals surface area contributed by atoms with Gasteiger partial charge in [-0.25, -0.2) is 15.0 Å². The molecular weight excluding hydrogens is 449 g/mol. The minimum Gasteiger partial charge on any atom is -0.493 e. The van der Waals surface area contributed by atoms with Crippen molar-refractivity contribution in [3.05, 3.63) is 51.9 Å². The summed E-state index contributed by atoms with van der Waals surface area (Å²) < 4.78 is 47.2. The molecule has 2 atom stereocenters. The van der Waals surface area contributed by atoms with Gasteiger partial charge in [-0.15, -0.1) is 0 Å². The van der Waals surface area contributed by atoms with Crippen molar-refractivity contribution in [2.45, 2.75) is 38.4 Å². The number of aromatic nitrogens is 3. The number of fused-ring (bicyclic) bond motifs is 5. The molecule has 5 nitrogen and oxygen atoms in total. The molecule has 1 aliphatic heterocycles.